The molecular formula is C25H16FNO. The van der Waals surface area contributed by atoms with Crippen LogP contribution in [0.5, 0.6) is 0 Å². The molecule has 4 aromatic carbocycles. The molecular weight excluding hydrogens is 349 g/mol. The van der Waals surface area contributed by atoms with Crippen LogP contribution in [0.4, 0.5) is 4.39 Å². The van der Waals surface area contributed by atoms with Gasteiger partial charge in [0, 0.05) is 5.56 Å². The van der Waals surface area contributed by atoms with Crippen LogP contribution >= 0.6 is 0 Å². The maximum Gasteiger partial charge on any atom is 0.227 e. The minimum atomic E-state index is -0.227. The van der Waals surface area contributed by atoms with Gasteiger partial charge in [0.1, 0.15) is 11.3 Å². The van der Waals surface area contributed by atoms with Crippen molar-refractivity contribution in [3.8, 4) is 33.7 Å². The summed E-state index contributed by atoms with van der Waals surface area (Å²) in [7, 11) is 0. The van der Waals surface area contributed by atoms with Gasteiger partial charge in [-0.05, 0) is 64.7 Å². The van der Waals surface area contributed by atoms with E-state index in [0.717, 1.165) is 38.9 Å². The quantitative estimate of drug-likeness (QED) is 0.345. The summed E-state index contributed by atoms with van der Waals surface area (Å²) < 4.78 is 19.0. The standard InChI is InChI=1S/C25H16FNO/c26-22-14-12-18(13-15-22)21-5-3-4-20(16-21)17-8-10-19(11-9-17)25-27-23-6-1-2-7-24(23)28-25/h1-16H. The Kier molecular flexibility index (Phi) is 3.99. The van der Waals surface area contributed by atoms with Crippen molar-refractivity contribution in [3.63, 3.8) is 0 Å². The molecule has 5 rings (SSSR count). The van der Waals surface area contributed by atoms with Crippen LogP contribution in [0.1, 0.15) is 0 Å². The molecule has 0 aliphatic carbocycles. The fraction of sp³-hybridized carbons (Fsp3) is 0. The lowest BCUT2D eigenvalue weighted by Gasteiger charge is -2.07. The van der Waals surface area contributed by atoms with E-state index in [1.54, 1.807) is 12.1 Å². The smallest absolute Gasteiger partial charge is 0.227 e. The summed E-state index contributed by atoms with van der Waals surface area (Å²) in [5.41, 5.74) is 6.83. The van der Waals surface area contributed by atoms with Crippen molar-refractivity contribution in [2.75, 3.05) is 0 Å². The molecule has 0 unspecified atom stereocenters. The van der Waals surface area contributed by atoms with Crippen LogP contribution in [0.15, 0.2) is 101 Å². The molecule has 28 heavy (non-hydrogen) atoms. The summed E-state index contributed by atoms with van der Waals surface area (Å²) in [5.74, 6) is 0.391. The summed E-state index contributed by atoms with van der Waals surface area (Å²) in [6.07, 6.45) is 0. The van der Waals surface area contributed by atoms with E-state index in [-0.39, 0.29) is 5.82 Å². The van der Waals surface area contributed by atoms with E-state index in [9.17, 15) is 4.39 Å². The molecule has 0 N–H and O–H groups in total. The van der Waals surface area contributed by atoms with Crippen LogP contribution < -0.4 is 0 Å². The third-order valence-corrected chi connectivity index (χ3v) is 4.80. The second-order valence-corrected chi connectivity index (χ2v) is 6.65. The molecule has 0 fully saturated rings. The van der Waals surface area contributed by atoms with E-state index in [1.807, 2.05) is 48.5 Å². The number of fused-ring (bicyclic) bond motifs is 1. The van der Waals surface area contributed by atoms with Gasteiger partial charge in [0.2, 0.25) is 5.89 Å². The Balaban J connectivity index is 1.47. The van der Waals surface area contributed by atoms with E-state index in [2.05, 4.69) is 29.2 Å². The Morgan fingerprint density at radius 2 is 1.18 bits per heavy atom. The molecule has 0 bridgehead atoms. The molecule has 0 spiro atoms. The highest BCUT2D eigenvalue weighted by atomic mass is 19.1. The Hall–Kier alpha value is -3.72. The zero-order valence-electron chi connectivity index (χ0n) is 15.0. The van der Waals surface area contributed by atoms with Crippen LogP contribution in [-0.4, -0.2) is 4.98 Å². The highest BCUT2D eigenvalue weighted by Crippen LogP contribution is 2.29. The van der Waals surface area contributed by atoms with E-state index in [1.165, 1.54) is 12.1 Å². The Morgan fingerprint density at radius 3 is 1.86 bits per heavy atom. The molecule has 0 saturated carbocycles. The fourth-order valence-electron chi connectivity index (χ4n) is 3.32. The molecule has 3 heteroatoms. The third kappa shape index (κ3) is 3.08. The number of hydrogen-bond acceptors (Lipinski definition) is 2. The molecule has 1 heterocycles. The highest BCUT2D eigenvalue weighted by Gasteiger charge is 2.08. The molecule has 134 valence electrons. The first kappa shape index (κ1) is 16.5. The predicted octanol–water partition coefficient (Wildman–Crippen LogP) is 6.97. The van der Waals surface area contributed by atoms with Crippen molar-refractivity contribution in [2.45, 2.75) is 0 Å². The van der Waals surface area contributed by atoms with Crippen LogP contribution in [-0.2, 0) is 0 Å². The lowest BCUT2D eigenvalue weighted by molar-refractivity contribution is 0.620. The number of para-hydroxylation sites is 2. The van der Waals surface area contributed by atoms with Gasteiger partial charge in [0.15, 0.2) is 5.58 Å². The van der Waals surface area contributed by atoms with E-state index < -0.39 is 0 Å². The first-order chi connectivity index (χ1) is 13.8. The number of rotatable bonds is 3. The number of hydrogen-bond donors (Lipinski definition) is 0. The minimum absolute atomic E-state index is 0.227. The maximum atomic E-state index is 13.2. The summed E-state index contributed by atoms with van der Waals surface area (Å²) >= 11 is 0. The lowest BCUT2D eigenvalue weighted by Crippen LogP contribution is -1.83. The number of halogens is 1. The van der Waals surface area contributed by atoms with Crippen molar-refractivity contribution < 1.29 is 8.81 Å². The molecule has 0 saturated heterocycles. The molecule has 0 aliphatic heterocycles. The van der Waals surface area contributed by atoms with Gasteiger partial charge in [-0.25, -0.2) is 9.37 Å². The zero-order chi connectivity index (χ0) is 18.9. The topological polar surface area (TPSA) is 26.0 Å². The molecule has 0 amide bonds. The Bertz CT molecular complexity index is 1220. The van der Waals surface area contributed by atoms with Crippen LogP contribution in [0.25, 0.3) is 44.8 Å². The van der Waals surface area contributed by atoms with Gasteiger partial charge < -0.3 is 4.42 Å². The van der Waals surface area contributed by atoms with Gasteiger partial charge in [-0.3, -0.25) is 0 Å². The van der Waals surface area contributed by atoms with Gasteiger partial charge in [0.05, 0.1) is 0 Å². The van der Waals surface area contributed by atoms with Crippen molar-refractivity contribution in [1.82, 2.24) is 4.98 Å². The van der Waals surface area contributed by atoms with Crippen molar-refractivity contribution in [3.05, 3.63) is 103 Å². The van der Waals surface area contributed by atoms with Gasteiger partial charge in [-0.1, -0.05) is 54.6 Å². The average Bonchev–Trinajstić information content (AvgIpc) is 3.19. The van der Waals surface area contributed by atoms with E-state index in [4.69, 9.17) is 4.42 Å². The molecule has 1 aromatic heterocycles. The summed E-state index contributed by atoms with van der Waals surface area (Å²) in [5, 5.41) is 0. The number of nitrogens with zero attached hydrogens (tertiary/aromatic N) is 1. The highest BCUT2D eigenvalue weighted by molar-refractivity contribution is 5.77. The molecule has 2 nitrogen and oxygen atoms in total. The number of aromatic nitrogens is 1. The van der Waals surface area contributed by atoms with Crippen LogP contribution in [0.3, 0.4) is 0 Å². The van der Waals surface area contributed by atoms with Gasteiger partial charge in [-0.2, -0.15) is 0 Å². The molecule has 0 atom stereocenters. The summed E-state index contributed by atoms with van der Waals surface area (Å²) in [6.45, 7) is 0. The Labute approximate surface area is 161 Å². The predicted molar refractivity (Wildman–Crippen MR) is 110 cm³/mol. The van der Waals surface area contributed by atoms with E-state index >= 15 is 0 Å². The first-order valence-corrected chi connectivity index (χ1v) is 9.09. The van der Waals surface area contributed by atoms with Crippen molar-refractivity contribution in [1.29, 1.82) is 0 Å². The van der Waals surface area contributed by atoms with Crippen LogP contribution in [0.2, 0.25) is 0 Å². The normalized spacial score (nSPS) is 11.0. The number of benzene rings is 4. The van der Waals surface area contributed by atoms with E-state index in [0.29, 0.717) is 5.89 Å². The summed E-state index contributed by atoms with van der Waals surface area (Å²) in [4.78, 5) is 4.55. The van der Waals surface area contributed by atoms with Gasteiger partial charge in [0.25, 0.3) is 0 Å². The van der Waals surface area contributed by atoms with Gasteiger partial charge >= 0.3 is 0 Å². The minimum Gasteiger partial charge on any atom is -0.436 e. The molecule has 5 aromatic rings. The monoisotopic (exact) mass is 365 g/mol. The fourth-order valence-corrected chi connectivity index (χ4v) is 3.32. The first-order valence-electron chi connectivity index (χ1n) is 9.09. The molecule has 0 aliphatic rings. The zero-order valence-corrected chi connectivity index (χ0v) is 15.0. The third-order valence-electron chi connectivity index (χ3n) is 4.80. The second kappa shape index (κ2) is 6.78. The van der Waals surface area contributed by atoms with Crippen molar-refractivity contribution in [2.24, 2.45) is 0 Å². The average molecular weight is 365 g/mol. The maximum absolute atomic E-state index is 13.2. The second-order valence-electron chi connectivity index (χ2n) is 6.65. The molecule has 0 radical (unpaired) electrons. The van der Waals surface area contributed by atoms with Gasteiger partial charge in [-0.15, -0.1) is 0 Å². The van der Waals surface area contributed by atoms with Crippen molar-refractivity contribution >= 4 is 11.1 Å². The summed E-state index contributed by atoms with van der Waals surface area (Å²) in [6, 6.07) is 30.7. The Morgan fingerprint density at radius 1 is 0.571 bits per heavy atom. The van der Waals surface area contributed by atoms with Crippen LogP contribution in [0, 0.1) is 5.82 Å². The lowest BCUT2D eigenvalue weighted by atomic mass is 9.98. The largest absolute Gasteiger partial charge is 0.436 e. The SMILES string of the molecule is Fc1ccc(-c2cccc(-c3ccc(-c4nc5ccccc5o4)cc3)c2)cc1. The number of oxazole rings is 1.